The maximum absolute atomic E-state index is 12.4. The number of rotatable bonds is 3. The number of carbonyl (C=O) groups excluding carboxylic acids is 1. The van der Waals surface area contributed by atoms with E-state index in [4.69, 9.17) is 4.74 Å². The smallest absolute Gasteiger partial charge is 0.230 e. The molecule has 20 heavy (non-hydrogen) atoms. The van der Waals surface area contributed by atoms with E-state index >= 15 is 0 Å². The van der Waals surface area contributed by atoms with E-state index in [0.717, 1.165) is 31.4 Å². The maximum Gasteiger partial charge on any atom is 0.230 e. The van der Waals surface area contributed by atoms with Gasteiger partial charge in [-0.2, -0.15) is 0 Å². The van der Waals surface area contributed by atoms with E-state index in [1.165, 1.54) is 5.56 Å². The van der Waals surface area contributed by atoms with Crippen molar-refractivity contribution in [2.45, 2.75) is 51.5 Å². The summed E-state index contributed by atoms with van der Waals surface area (Å²) in [5.74, 6) is 0.182. The van der Waals surface area contributed by atoms with Crippen molar-refractivity contribution < 1.29 is 9.53 Å². The number of aryl methyl sites for hydroxylation is 1. The second kappa shape index (κ2) is 6.40. The fourth-order valence-corrected chi connectivity index (χ4v) is 2.62. The van der Waals surface area contributed by atoms with Gasteiger partial charge >= 0.3 is 0 Å². The molecule has 1 aliphatic heterocycles. The molecule has 1 heterocycles. The van der Waals surface area contributed by atoms with Crippen LogP contribution in [0.15, 0.2) is 24.3 Å². The predicted molar refractivity (Wildman–Crippen MR) is 80.8 cm³/mol. The highest BCUT2D eigenvalue weighted by atomic mass is 16.5. The Balaban J connectivity index is 0.000000704. The number of carbonyl (C=O) groups is 1. The van der Waals surface area contributed by atoms with E-state index in [1.54, 1.807) is 0 Å². The number of ether oxygens (including phenoxy) is 1. The quantitative estimate of drug-likeness (QED) is 0.921. The standard InChI is InChI=1S/C15H19NO2.C2H6/c1-11-2-4-12(5-3-11)15(7-8-15)14(17)16-13-6-9-18-10-13;1-2/h2-5,13H,6-10H2,1H3,(H,16,17);1-2H3. The Hall–Kier alpha value is -1.35. The van der Waals surface area contributed by atoms with Crippen molar-refractivity contribution >= 4 is 5.91 Å². The molecule has 1 amide bonds. The van der Waals surface area contributed by atoms with Crippen molar-refractivity contribution in [3.8, 4) is 0 Å². The number of amides is 1. The molecule has 1 N–H and O–H groups in total. The number of nitrogens with one attached hydrogen (secondary N) is 1. The lowest BCUT2D eigenvalue weighted by molar-refractivity contribution is -0.124. The monoisotopic (exact) mass is 275 g/mol. The molecule has 2 fully saturated rings. The average molecular weight is 275 g/mol. The van der Waals surface area contributed by atoms with Gasteiger partial charge in [0.15, 0.2) is 0 Å². The molecule has 0 bridgehead atoms. The van der Waals surface area contributed by atoms with Gasteiger partial charge in [-0.3, -0.25) is 4.79 Å². The molecule has 110 valence electrons. The summed E-state index contributed by atoms with van der Waals surface area (Å²) in [6, 6.07) is 8.56. The summed E-state index contributed by atoms with van der Waals surface area (Å²) in [5.41, 5.74) is 2.14. The van der Waals surface area contributed by atoms with Crippen molar-refractivity contribution in [3.05, 3.63) is 35.4 Å². The third-order valence-electron chi connectivity index (χ3n) is 4.05. The second-order valence-electron chi connectivity index (χ2n) is 5.48. The maximum atomic E-state index is 12.4. The minimum absolute atomic E-state index is 0.182. The van der Waals surface area contributed by atoms with E-state index in [1.807, 2.05) is 13.8 Å². The van der Waals surface area contributed by atoms with Gasteiger partial charge in [0, 0.05) is 6.61 Å². The van der Waals surface area contributed by atoms with Crippen molar-refractivity contribution in [2.75, 3.05) is 13.2 Å². The molecule has 1 aliphatic carbocycles. The van der Waals surface area contributed by atoms with Crippen LogP contribution in [0, 0.1) is 6.92 Å². The summed E-state index contributed by atoms with van der Waals surface area (Å²) in [7, 11) is 0. The van der Waals surface area contributed by atoms with E-state index in [-0.39, 0.29) is 17.4 Å². The van der Waals surface area contributed by atoms with Crippen LogP contribution in [0.5, 0.6) is 0 Å². The minimum atomic E-state index is -0.254. The molecular weight excluding hydrogens is 250 g/mol. The van der Waals surface area contributed by atoms with Crippen molar-refractivity contribution in [3.63, 3.8) is 0 Å². The van der Waals surface area contributed by atoms with Crippen molar-refractivity contribution in [1.82, 2.24) is 5.32 Å². The lowest BCUT2D eigenvalue weighted by Gasteiger charge is -2.18. The summed E-state index contributed by atoms with van der Waals surface area (Å²) in [4.78, 5) is 12.4. The summed E-state index contributed by atoms with van der Waals surface area (Å²) in [5, 5.41) is 3.13. The van der Waals surface area contributed by atoms with Crippen LogP contribution < -0.4 is 5.32 Å². The third kappa shape index (κ3) is 3.04. The van der Waals surface area contributed by atoms with Crippen LogP contribution in [0.3, 0.4) is 0 Å². The van der Waals surface area contributed by atoms with Gasteiger partial charge in [-0.1, -0.05) is 43.7 Å². The van der Waals surface area contributed by atoms with Crippen LogP contribution in [0.25, 0.3) is 0 Å². The van der Waals surface area contributed by atoms with Gasteiger partial charge in [0.1, 0.15) is 0 Å². The van der Waals surface area contributed by atoms with Crippen LogP contribution in [-0.2, 0) is 14.9 Å². The van der Waals surface area contributed by atoms with Gasteiger partial charge in [0.25, 0.3) is 0 Å². The molecule has 1 saturated heterocycles. The summed E-state index contributed by atoms with van der Waals surface area (Å²) in [6.07, 6.45) is 2.88. The molecule has 0 spiro atoms. The zero-order chi connectivity index (χ0) is 14.6. The fraction of sp³-hybridized carbons (Fsp3) is 0.588. The molecule has 1 atom stereocenters. The summed E-state index contributed by atoms with van der Waals surface area (Å²) >= 11 is 0. The first-order valence-corrected chi connectivity index (χ1v) is 7.67. The lowest BCUT2D eigenvalue weighted by Crippen LogP contribution is -2.41. The number of hydrogen-bond donors (Lipinski definition) is 1. The Morgan fingerprint density at radius 3 is 2.40 bits per heavy atom. The number of hydrogen-bond acceptors (Lipinski definition) is 2. The normalized spacial score (nSPS) is 22.6. The molecule has 3 nitrogen and oxygen atoms in total. The topological polar surface area (TPSA) is 38.3 Å². The van der Waals surface area contributed by atoms with E-state index in [2.05, 4.69) is 36.5 Å². The van der Waals surface area contributed by atoms with Gasteiger partial charge in [-0.15, -0.1) is 0 Å². The Morgan fingerprint density at radius 2 is 1.90 bits per heavy atom. The zero-order valence-electron chi connectivity index (χ0n) is 12.7. The Kier molecular flexibility index (Phi) is 4.81. The number of benzene rings is 1. The van der Waals surface area contributed by atoms with Crippen LogP contribution >= 0.6 is 0 Å². The third-order valence-corrected chi connectivity index (χ3v) is 4.05. The molecular formula is C17H25NO2. The lowest BCUT2D eigenvalue weighted by atomic mass is 9.94. The molecule has 0 radical (unpaired) electrons. The van der Waals surface area contributed by atoms with Gasteiger partial charge in [-0.25, -0.2) is 0 Å². The molecule has 1 saturated carbocycles. The van der Waals surface area contributed by atoms with Gasteiger partial charge in [0.05, 0.1) is 18.1 Å². The average Bonchev–Trinajstić information content (AvgIpc) is 3.14. The van der Waals surface area contributed by atoms with Crippen molar-refractivity contribution in [1.29, 1.82) is 0 Å². The van der Waals surface area contributed by atoms with Gasteiger partial charge < -0.3 is 10.1 Å². The SMILES string of the molecule is CC.Cc1ccc(C2(C(=O)NC3CCOC3)CC2)cc1. The largest absolute Gasteiger partial charge is 0.379 e. The van der Waals surface area contributed by atoms with E-state index < -0.39 is 0 Å². The van der Waals surface area contributed by atoms with Crippen LogP contribution in [0.1, 0.15) is 44.2 Å². The minimum Gasteiger partial charge on any atom is -0.379 e. The summed E-state index contributed by atoms with van der Waals surface area (Å²) in [6.45, 7) is 7.50. The van der Waals surface area contributed by atoms with Crippen molar-refractivity contribution in [2.24, 2.45) is 0 Å². The van der Waals surface area contributed by atoms with Gasteiger partial charge in [-0.05, 0) is 31.7 Å². The molecule has 1 unspecified atom stereocenters. The Bertz CT molecular complexity index is 443. The van der Waals surface area contributed by atoms with E-state index in [9.17, 15) is 4.79 Å². The fourth-order valence-electron chi connectivity index (χ4n) is 2.62. The first kappa shape index (κ1) is 15.0. The first-order valence-electron chi connectivity index (χ1n) is 7.67. The highest BCUT2D eigenvalue weighted by Crippen LogP contribution is 2.48. The second-order valence-corrected chi connectivity index (χ2v) is 5.48. The molecule has 0 aromatic heterocycles. The van der Waals surface area contributed by atoms with Gasteiger partial charge in [0.2, 0.25) is 5.91 Å². The molecule has 1 aromatic rings. The molecule has 3 heteroatoms. The predicted octanol–water partition coefficient (Wildman–Crippen LogP) is 2.96. The molecule has 1 aromatic carbocycles. The zero-order valence-corrected chi connectivity index (χ0v) is 12.7. The first-order chi connectivity index (χ1) is 9.71. The Morgan fingerprint density at radius 1 is 1.25 bits per heavy atom. The molecule has 2 aliphatic rings. The Labute approximate surface area is 121 Å². The van der Waals surface area contributed by atoms with Crippen LogP contribution in [0.4, 0.5) is 0 Å². The van der Waals surface area contributed by atoms with E-state index in [0.29, 0.717) is 6.61 Å². The molecule has 3 rings (SSSR count). The highest BCUT2D eigenvalue weighted by molar-refractivity contribution is 5.91. The summed E-state index contributed by atoms with van der Waals surface area (Å²) < 4.78 is 5.30. The highest BCUT2D eigenvalue weighted by Gasteiger charge is 2.51. The van der Waals surface area contributed by atoms with Crippen LogP contribution in [0.2, 0.25) is 0 Å². The van der Waals surface area contributed by atoms with Crippen LogP contribution in [-0.4, -0.2) is 25.2 Å².